The van der Waals surface area contributed by atoms with Gasteiger partial charge in [-0.25, -0.2) is 12.7 Å². The summed E-state index contributed by atoms with van der Waals surface area (Å²) < 4.78 is 29.5. The predicted molar refractivity (Wildman–Crippen MR) is 75.8 cm³/mol. The molecule has 0 aromatic heterocycles. The molecular formula is C14H16N2O4S. The van der Waals surface area contributed by atoms with E-state index in [0.29, 0.717) is 5.56 Å². The topological polar surface area (TPSA) is 87.5 Å². The van der Waals surface area contributed by atoms with E-state index in [9.17, 15) is 13.2 Å². The van der Waals surface area contributed by atoms with Crippen LogP contribution in [0.25, 0.3) is 0 Å². The maximum absolute atomic E-state index is 11.9. The van der Waals surface area contributed by atoms with Gasteiger partial charge in [0.25, 0.3) is 0 Å². The van der Waals surface area contributed by atoms with Crippen molar-refractivity contribution in [2.75, 3.05) is 26.5 Å². The summed E-state index contributed by atoms with van der Waals surface area (Å²) in [4.78, 5) is 11.9. The predicted octanol–water partition coefficient (Wildman–Crippen LogP) is 0.706. The molecule has 0 radical (unpaired) electrons. The first kappa shape index (κ1) is 15.5. The van der Waals surface area contributed by atoms with E-state index in [1.54, 1.807) is 24.3 Å². The van der Waals surface area contributed by atoms with Gasteiger partial charge in [0.2, 0.25) is 10.0 Å². The Morgan fingerprint density at radius 3 is 2.71 bits per heavy atom. The number of rotatable bonds is 3. The molecule has 1 saturated heterocycles. The first-order chi connectivity index (χ1) is 9.86. The van der Waals surface area contributed by atoms with E-state index in [1.807, 2.05) is 6.07 Å². The molecule has 1 aliphatic heterocycles. The van der Waals surface area contributed by atoms with Gasteiger partial charge in [-0.2, -0.15) is 5.26 Å². The van der Waals surface area contributed by atoms with E-state index in [4.69, 9.17) is 10.00 Å². The summed E-state index contributed by atoms with van der Waals surface area (Å²) in [5.74, 6) is -1.30. The number of sulfonamides is 1. The number of carbonyl (C=O) groups excluding carboxylic acids is 1. The van der Waals surface area contributed by atoms with Crippen molar-refractivity contribution in [3.05, 3.63) is 35.4 Å². The Kier molecular flexibility index (Phi) is 4.30. The molecule has 1 fully saturated rings. The number of carbonyl (C=O) groups is 1. The lowest BCUT2D eigenvalue weighted by Gasteiger charge is -2.16. The number of hydrogen-bond acceptors (Lipinski definition) is 5. The van der Waals surface area contributed by atoms with Crippen LogP contribution in [0.3, 0.4) is 0 Å². The summed E-state index contributed by atoms with van der Waals surface area (Å²) in [6.45, 7) is 0.320. The van der Waals surface area contributed by atoms with Crippen LogP contribution in [0.2, 0.25) is 0 Å². The van der Waals surface area contributed by atoms with Gasteiger partial charge >= 0.3 is 5.97 Å². The van der Waals surface area contributed by atoms with Crippen LogP contribution < -0.4 is 0 Å². The van der Waals surface area contributed by atoms with Crippen LogP contribution in [0.15, 0.2) is 24.3 Å². The second kappa shape index (κ2) is 5.84. The van der Waals surface area contributed by atoms with Gasteiger partial charge in [-0.3, -0.25) is 4.79 Å². The van der Waals surface area contributed by atoms with E-state index in [-0.39, 0.29) is 19.0 Å². The van der Waals surface area contributed by atoms with Crippen molar-refractivity contribution >= 4 is 16.0 Å². The third-order valence-electron chi connectivity index (χ3n) is 3.70. The summed E-state index contributed by atoms with van der Waals surface area (Å²) >= 11 is 0. The van der Waals surface area contributed by atoms with Crippen LogP contribution in [0.1, 0.15) is 17.0 Å². The van der Waals surface area contributed by atoms with E-state index in [0.717, 1.165) is 11.8 Å². The molecule has 0 amide bonds. The molecule has 0 N–H and O–H groups in total. The normalized spacial score (nSPS) is 22.7. The Labute approximate surface area is 124 Å². The zero-order chi connectivity index (χ0) is 15.6. The van der Waals surface area contributed by atoms with Crippen molar-refractivity contribution in [1.29, 1.82) is 5.26 Å². The maximum atomic E-state index is 11.9. The largest absolute Gasteiger partial charge is 0.469 e. The zero-order valence-electron chi connectivity index (χ0n) is 11.8. The minimum atomic E-state index is -3.37. The van der Waals surface area contributed by atoms with Gasteiger partial charge in [0.1, 0.15) is 0 Å². The molecule has 0 bridgehead atoms. The Hall–Kier alpha value is -1.91. The molecule has 0 aliphatic carbocycles. The van der Waals surface area contributed by atoms with Gasteiger partial charge in [0.15, 0.2) is 0 Å². The molecule has 1 aromatic rings. The summed E-state index contributed by atoms with van der Waals surface area (Å²) in [5, 5.41) is 8.96. The first-order valence-electron chi connectivity index (χ1n) is 6.40. The van der Waals surface area contributed by atoms with Crippen LogP contribution in [0, 0.1) is 17.2 Å². The lowest BCUT2D eigenvalue weighted by atomic mass is 9.88. The van der Waals surface area contributed by atoms with Crippen LogP contribution in [0.5, 0.6) is 0 Å². The molecule has 2 atom stereocenters. The Bertz CT molecular complexity index is 693. The number of methoxy groups -OCH3 is 1. The zero-order valence-corrected chi connectivity index (χ0v) is 12.6. The fraction of sp³-hybridized carbons (Fsp3) is 0.429. The number of benzene rings is 1. The fourth-order valence-electron chi connectivity index (χ4n) is 2.61. The molecule has 1 aromatic carbocycles. The van der Waals surface area contributed by atoms with E-state index < -0.39 is 21.9 Å². The highest BCUT2D eigenvalue weighted by molar-refractivity contribution is 7.88. The Morgan fingerprint density at radius 1 is 1.43 bits per heavy atom. The van der Waals surface area contributed by atoms with E-state index >= 15 is 0 Å². The third kappa shape index (κ3) is 3.23. The second-order valence-corrected chi connectivity index (χ2v) is 7.04. The van der Waals surface area contributed by atoms with Crippen molar-refractivity contribution < 1.29 is 17.9 Å². The van der Waals surface area contributed by atoms with Gasteiger partial charge in [-0.15, -0.1) is 0 Å². The first-order valence-corrected chi connectivity index (χ1v) is 8.24. The molecule has 7 heteroatoms. The number of ether oxygens (including phenoxy) is 1. The third-order valence-corrected chi connectivity index (χ3v) is 4.94. The molecule has 21 heavy (non-hydrogen) atoms. The summed E-state index contributed by atoms with van der Waals surface area (Å²) in [6.07, 6.45) is 1.12. The van der Waals surface area contributed by atoms with Crippen molar-refractivity contribution in [3.8, 4) is 6.07 Å². The lowest BCUT2D eigenvalue weighted by molar-refractivity contribution is -0.145. The Morgan fingerprint density at radius 2 is 2.14 bits per heavy atom. The van der Waals surface area contributed by atoms with Gasteiger partial charge in [0.05, 0.1) is 30.9 Å². The SMILES string of the molecule is COC(=O)[C@@H]1CN(S(C)(=O)=O)C[C@H]1c1cccc(C#N)c1. The minimum absolute atomic E-state index is 0.104. The molecule has 0 spiro atoms. The number of hydrogen-bond donors (Lipinski definition) is 0. The standard InChI is InChI=1S/C14H16N2O4S/c1-20-14(17)13-9-16(21(2,18)19)8-12(13)11-5-3-4-10(6-11)7-15/h3-6,12-13H,8-9H2,1-2H3/t12-,13+/m0/s1. The van der Waals surface area contributed by atoms with Gasteiger partial charge < -0.3 is 4.74 Å². The summed E-state index contributed by atoms with van der Waals surface area (Å²) in [7, 11) is -2.09. The van der Waals surface area contributed by atoms with Gasteiger partial charge in [0, 0.05) is 19.0 Å². The lowest BCUT2D eigenvalue weighted by Crippen LogP contribution is -2.29. The molecule has 0 saturated carbocycles. The second-order valence-electron chi connectivity index (χ2n) is 5.05. The maximum Gasteiger partial charge on any atom is 0.310 e. The smallest absolute Gasteiger partial charge is 0.310 e. The van der Waals surface area contributed by atoms with Crippen molar-refractivity contribution in [2.45, 2.75) is 5.92 Å². The summed E-state index contributed by atoms with van der Waals surface area (Å²) in [6, 6.07) is 8.92. The van der Waals surface area contributed by atoms with Gasteiger partial charge in [-0.05, 0) is 17.7 Å². The Balaban J connectivity index is 2.38. The van der Waals surface area contributed by atoms with Crippen LogP contribution in [-0.2, 0) is 19.6 Å². The van der Waals surface area contributed by atoms with Crippen LogP contribution in [-0.4, -0.2) is 45.1 Å². The van der Waals surface area contributed by atoms with Crippen molar-refractivity contribution in [2.24, 2.45) is 5.92 Å². The average Bonchev–Trinajstić information content (AvgIpc) is 2.91. The van der Waals surface area contributed by atoms with E-state index in [2.05, 4.69) is 0 Å². The van der Waals surface area contributed by atoms with E-state index in [1.165, 1.54) is 11.4 Å². The highest BCUT2D eigenvalue weighted by atomic mass is 32.2. The molecule has 1 aliphatic rings. The highest BCUT2D eigenvalue weighted by Crippen LogP contribution is 2.34. The quantitative estimate of drug-likeness (QED) is 0.767. The van der Waals surface area contributed by atoms with Crippen LogP contribution >= 0.6 is 0 Å². The molecule has 2 rings (SSSR count). The van der Waals surface area contributed by atoms with Gasteiger partial charge in [-0.1, -0.05) is 12.1 Å². The van der Waals surface area contributed by atoms with Crippen molar-refractivity contribution in [1.82, 2.24) is 4.31 Å². The summed E-state index contributed by atoms with van der Waals surface area (Å²) in [5.41, 5.74) is 1.25. The van der Waals surface area contributed by atoms with Crippen molar-refractivity contribution in [3.63, 3.8) is 0 Å². The minimum Gasteiger partial charge on any atom is -0.469 e. The average molecular weight is 308 g/mol. The monoisotopic (exact) mass is 308 g/mol. The number of nitriles is 1. The number of esters is 1. The molecule has 1 heterocycles. The van der Waals surface area contributed by atoms with Crippen LogP contribution in [0.4, 0.5) is 0 Å². The highest BCUT2D eigenvalue weighted by Gasteiger charge is 2.42. The molecule has 0 unspecified atom stereocenters. The number of nitrogens with zero attached hydrogens (tertiary/aromatic N) is 2. The fourth-order valence-corrected chi connectivity index (χ4v) is 3.47. The molecular weight excluding hydrogens is 292 g/mol. The molecule has 112 valence electrons. The molecule has 6 nitrogen and oxygen atoms in total.